The fourth-order valence-electron chi connectivity index (χ4n) is 2.72. The number of nitrogens with one attached hydrogen (secondary N) is 2. The molecule has 1 aliphatic rings. The van der Waals surface area contributed by atoms with Gasteiger partial charge in [-0.15, -0.1) is 0 Å². The van der Waals surface area contributed by atoms with Gasteiger partial charge in [-0.1, -0.05) is 45.0 Å². The lowest BCUT2D eigenvalue weighted by Crippen LogP contribution is -2.43. The summed E-state index contributed by atoms with van der Waals surface area (Å²) in [5.74, 6) is 0. The van der Waals surface area contributed by atoms with Crippen molar-refractivity contribution in [3.05, 3.63) is 35.4 Å². The zero-order valence-corrected chi connectivity index (χ0v) is 12.8. The van der Waals surface area contributed by atoms with Gasteiger partial charge in [0, 0.05) is 18.6 Å². The smallest absolute Gasteiger partial charge is 0.0294 e. The Hall–Kier alpha value is -0.860. The molecule has 0 aromatic heterocycles. The van der Waals surface area contributed by atoms with Crippen molar-refractivity contribution in [2.24, 2.45) is 0 Å². The molecule has 2 unspecified atom stereocenters. The number of rotatable bonds is 3. The summed E-state index contributed by atoms with van der Waals surface area (Å²) in [4.78, 5) is 0. The van der Waals surface area contributed by atoms with Crippen LogP contribution in [-0.2, 0) is 5.41 Å². The van der Waals surface area contributed by atoms with Gasteiger partial charge in [0.05, 0.1) is 0 Å². The summed E-state index contributed by atoms with van der Waals surface area (Å²) in [6.45, 7) is 11.3. The first-order chi connectivity index (χ1) is 8.97. The second-order valence-corrected chi connectivity index (χ2v) is 6.80. The first-order valence-corrected chi connectivity index (χ1v) is 7.54. The quantitative estimate of drug-likeness (QED) is 0.870. The van der Waals surface area contributed by atoms with Crippen molar-refractivity contribution in [1.29, 1.82) is 0 Å². The number of benzene rings is 1. The second kappa shape index (κ2) is 6.06. The highest BCUT2D eigenvalue weighted by atomic mass is 15.0. The lowest BCUT2D eigenvalue weighted by atomic mass is 9.86. The average Bonchev–Trinajstić information content (AvgIpc) is 2.39. The predicted octanol–water partition coefficient (Wildman–Crippen LogP) is 3.39. The zero-order valence-electron chi connectivity index (χ0n) is 12.8. The zero-order chi connectivity index (χ0) is 13.9. The molecule has 0 bridgehead atoms. The SMILES string of the molecule is CC(NC1CCCNC1)c1ccc(C(C)(C)C)cc1. The van der Waals surface area contributed by atoms with E-state index in [4.69, 9.17) is 0 Å². The normalized spacial score (nSPS) is 22.2. The molecule has 2 rings (SSSR count). The highest BCUT2D eigenvalue weighted by Gasteiger charge is 2.17. The van der Waals surface area contributed by atoms with Crippen molar-refractivity contribution in [3.8, 4) is 0 Å². The molecular formula is C17H28N2. The van der Waals surface area contributed by atoms with E-state index in [1.54, 1.807) is 0 Å². The lowest BCUT2D eigenvalue weighted by Gasteiger charge is -2.28. The van der Waals surface area contributed by atoms with E-state index >= 15 is 0 Å². The number of piperidine rings is 1. The van der Waals surface area contributed by atoms with Gasteiger partial charge in [0.2, 0.25) is 0 Å². The monoisotopic (exact) mass is 260 g/mol. The summed E-state index contributed by atoms with van der Waals surface area (Å²) in [7, 11) is 0. The van der Waals surface area contributed by atoms with Crippen molar-refractivity contribution >= 4 is 0 Å². The molecule has 2 N–H and O–H groups in total. The van der Waals surface area contributed by atoms with Crippen LogP contribution in [0.15, 0.2) is 24.3 Å². The van der Waals surface area contributed by atoms with Crippen LogP contribution < -0.4 is 10.6 Å². The Morgan fingerprint density at radius 3 is 2.42 bits per heavy atom. The molecule has 0 radical (unpaired) electrons. The van der Waals surface area contributed by atoms with Gasteiger partial charge in [0.25, 0.3) is 0 Å². The van der Waals surface area contributed by atoms with Crippen molar-refractivity contribution in [2.75, 3.05) is 13.1 Å². The molecule has 0 saturated carbocycles. The minimum absolute atomic E-state index is 0.239. The Labute approximate surface area is 118 Å². The Bertz CT molecular complexity index is 383. The third-order valence-corrected chi connectivity index (χ3v) is 4.06. The van der Waals surface area contributed by atoms with Gasteiger partial charge < -0.3 is 10.6 Å². The van der Waals surface area contributed by atoms with Gasteiger partial charge in [-0.25, -0.2) is 0 Å². The van der Waals surface area contributed by atoms with Gasteiger partial charge in [-0.3, -0.25) is 0 Å². The summed E-state index contributed by atoms with van der Waals surface area (Å²) >= 11 is 0. The molecule has 2 atom stereocenters. The van der Waals surface area contributed by atoms with E-state index in [2.05, 4.69) is 62.6 Å². The van der Waals surface area contributed by atoms with E-state index in [1.807, 2.05) is 0 Å². The first-order valence-electron chi connectivity index (χ1n) is 7.54. The topological polar surface area (TPSA) is 24.1 Å². The average molecular weight is 260 g/mol. The molecule has 0 aliphatic carbocycles. The Morgan fingerprint density at radius 1 is 1.21 bits per heavy atom. The lowest BCUT2D eigenvalue weighted by molar-refractivity contribution is 0.362. The van der Waals surface area contributed by atoms with Crippen LogP contribution in [0.2, 0.25) is 0 Å². The molecule has 0 amide bonds. The molecule has 2 heteroatoms. The fourth-order valence-corrected chi connectivity index (χ4v) is 2.72. The second-order valence-electron chi connectivity index (χ2n) is 6.80. The third-order valence-electron chi connectivity index (χ3n) is 4.06. The Balaban J connectivity index is 1.97. The van der Waals surface area contributed by atoms with Crippen LogP contribution in [0.25, 0.3) is 0 Å². The van der Waals surface area contributed by atoms with Crippen LogP contribution in [0.5, 0.6) is 0 Å². The van der Waals surface area contributed by atoms with Crippen molar-refractivity contribution in [1.82, 2.24) is 10.6 Å². The molecule has 1 aromatic carbocycles. The van der Waals surface area contributed by atoms with Gasteiger partial charge in [-0.05, 0) is 42.9 Å². The van der Waals surface area contributed by atoms with Crippen LogP contribution in [0.1, 0.15) is 57.7 Å². The molecule has 1 heterocycles. The molecule has 1 aromatic rings. The van der Waals surface area contributed by atoms with E-state index in [0.29, 0.717) is 12.1 Å². The maximum Gasteiger partial charge on any atom is 0.0294 e. The van der Waals surface area contributed by atoms with Crippen molar-refractivity contribution in [2.45, 2.75) is 58.0 Å². The van der Waals surface area contributed by atoms with E-state index in [1.165, 1.54) is 30.5 Å². The highest BCUT2D eigenvalue weighted by molar-refractivity contribution is 5.29. The molecule has 2 nitrogen and oxygen atoms in total. The minimum Gasteiger partial charge on any atom is -0.315 e. The third kappa shape index (κ3) is 4.05. The molecular weight excluding hydrogens is 232 g/mol. The maximum absolute atomic E-state index is 3.73. The molecule has 106 valence electrons. The highest BCUT2D eigenvalue weighted by Crippen LogP contribution is 2.24. The molecule has 19 heavy (non-hydrogen) atoms. The van der Waals surface area contributed by atoms with E-state index in [9.17, 15) is 0 Å². The van der Waals surface area contributed by atoms with Crippen LogP contribution >= 0.6 is 0 Å². The predicted molar refractivity (Wildman–Crippen MR) is 82.6 cm³/mol. The fraction of sp³-hybridized carbons (Fsp3) is 0.647. The first kappa shape index (κ1) is 14.5. The van der Waals surface area contributed by atoms with Gasteiger partial charge in [0.1, 0.15) is 0 Å². The van der Waals surface area contributed by atoms with Crippen LogP contribution in [0.4, 0.5) is 0 Å². The number of hydrogen-bond donors (Lipinski definition) is 2. The van der Waals surface area contributed by atoms with Crippen molar-refractivity contribution in [3.63, 3.8) is 0 Å². The summed E-state index contributed by atoms with van der Waals surface area (Å²) in [5, 5.41) is 7.19. The Morgan fingerprint density at radius 2 is 1.89 bits per heavy atom. The van der Waals surface area contributed by atoms with E-state index in [0.717, 1.165) is 6.54 Å². The van der Waals surface area contributed by atoms with Gasteiger partial charge in [0.15, 0.2) is 0 Å². The van der Waals surface area contributed by atoms with Gasteiger partial charge in [-0.2, -0.15) is 0 Å². The molecule has 1 saturated heterocycles. The van der Waals surface area contributed by atoms with E-state index < -0.39 is 0 Å². The summed E-state index contributed by atoms with van der Waals surface area (Å²) < 4.78 is 0. The maximum atomic E-state index is 3.73. The Kier molecular flexibility index (Phi) is 4.64. The molecule has 0 spiro atoms. The van der Waals surface area contributed by atoms with Gasteiger partial charge >= 0.3 is 0 Å². The van der Waals surface area contributed by atoms with Crippen LogP contribution in [0.3, 0.4) is 0 Å². The largest absolute Gasteiger partial charge is 0.315 e. The summed E-state index contributed by atoms with van der Waals surface area (Å²) in [6.07, 6.45) is 2.57. The van der Waals surface area contributed by atoms with Crippen LogP contribution in [-0.4, -0.2) is 19.1 Å². The van der Waals surface area contributed by atoms with E-state index in [-0.39, 0.29) is 5.41 Å². The van der Waals surface area contributed by atoms with Crippen LogP contribution in [0, 0.1) is 0 Å². The standard InChI is InChI=1S/C17H28N2/c1-13(19-16-6-5-11-18-12-16)14-7-9-15(10-8-14)17(2,3)4/h7-10,13,16,18-19H,5-6,11-12H2,1-4H3. The molecule has 1 aliphatic heterocycles. The number of hydrogen-bond acceptors (Lipinski definition) is 2. The summed E-state index contributed by atoms with van der Waals surface area (Å²) in [5.41, 5.74) is 3.03. The summed E-state index contributed by atoms with van der Waals surface area (Å²) in [6, 6.07) is 10.1. The van der Waals surface area contributed by atoms with Crippen molar-refractivity contribution < 1.29 is 0 Å². The molecule has 1 fully saturated rings. The minimum atomic E-state index is 0.239.